The highest BCUT2D eigenvalue weighted by Gasteiger charge is 2.06. The first-order valence-corrected chi connectivity index (χ1v) is 6.23. The fourth-order valence-electron chi connectivity index (χ4n) is 1.60. The Kier molecular flexibility index (Phi) is 4.71. The number of nitrogens with zero attached hydrogens (tertiary/aromatic N) is 1. The summed E-state index contributed by atoms with van der Waals surface area (Å²) < 4.78 is 18.8. The third-order valence-corrected chi connectivity index (χ3v) is 3.00. The van der Waals surface area contributed by atoms with E-state index in [9.17, 15) is 4.39 Å². The number of pyridine rings is 1. The quantitative estimate of drug-likeness (QED) is 0.913. The van der Waals surface area contributed by atoms with Crippen LogP contribution >= 0.6 is 11.6 Å². The first kappa shape index (κ1) is 13.8. The van der Waals surface area contributed by atoms with E-state index in [4.69, 9.17) is 16.3 Å². The Morgan fingerprint density at radius 2 is 2.16 bits per heavy atom. The van der Waals surface area contributed by atoms with Crippen LogP contribution in [0.3, 0.4) is 0 Å². The highest BCUT2D eigenvalue weighted by Crippen LogP contribution is 2.21. The van der Waals surface area contributed by atoms with Gasteiger partial charge in [-0.15, -0.1) is 0 Å². The van der Waals surface area contributed by atoms with Crippen LogP contribution in [-0.4, -0.2) is 12.0 Å². The topological polar surface area (TPSA) is 34.1 Å². The van der Waals surface area contributed by atoms with E-state index in [-0.39, 0.29) is 11.6 Å². The van der Waals surface area contributed by atoms with Crippen LogP contribution in [0.5, 0.6) is 5.75 Å². The van der Waals surface area contributed by atoms with Gasteiger partial charge in [0.15, 0.2) is 0 Å². The van der Waals surface area contributed by atoms with E-state index in [0.29, 0.717) is 17.9 Å². The van der Waals surface area contributed by atoms with Crippen molar-refractivity contribution in [2.45, 2.75) is 13.2 Å². The average Bonchev–Trinajstić information content (AvgIpc) is 2.42. The maximum Gasteiger partial charge on any atom is 0.142 e. The molecule has 0 saturated heterocycles. The van der Waals surface area contributed by atoms with Gasteiger partial charge >= 0.3 is 0 Å². The molecule has 0 aliphatic carbocycles. The number of ether oxygens (including phenoxy) is 1. The number of halogens is 2. The van der Waals surface area contributed by atoms with Crippen LogP contribution in [0.2, 0.25) is 5.02 Å². The summed E-state index contributed by atoms with van der Waals surface area (Å²) in [5.74, 6) is 0.186. The molecule has 1 aromatic carbocycles. The minimum atomic E-state index is -0.440. The van der Waals surface area contributed by atoms with Gasteiger partial charge in [-0.25, -0.2) is 4.39 Å². The van der Waals surface area contributed by atoms with E-state index in [1.165, 1.54) is 6.07 Å². The molecule has 5 heteroatoms. The molecular weight excluding hydrogens is 267 g/mol. The molecule has 100 valence electrons. The Hall–Kier alpha value is -1.65. The first-order chi connectivity index (χ1) is 9.20. The lowest BCUT2D eigenvalue weighted by atomic mass is 10.2. The van der Waals surface area contributed by atoms with Gasteiger partial charge < -0.3 is 10.1 Å². The lowest BCUT2D eigenvalue weighted by Crippen LogP contribution is -2.06. The molecule has 0 fully saturated rings. The minimum absolute atomic E-state index is 0.0993. The molecule has 0 aliphatic rings. The largest absolute Gasteiger partial charge is 0.487 e. The maximum atomic E-state index is 13.2. The maximum absolute atomic E-state index is 13.2. The van der Waals surface area contributed by atoms with E-state index >= 15 is 0 Å². The predicted molar refractivity (Wildman–Crippen MR) is 72.7 cm³/mol. The molecule has 0 radical (unpaired) electrons. The summed E-state index contributed by atoms with van der Waals surface area (Å²) in [5.41, 5.74) is 1.54. The molecule has 0 unspecified atom stereocenters. The number of nitrogens with one attached hydrogen (secondary N) is 1. The van der Waals surface area contributed by atoms with Gasteiger partial charge in [0.05, 0.1) is 16.9 Å². The second-order valence-corrected chi connectivity index (χ2v) is 4.40. The predicted octanol–water partition coefficient (Wildman–Crippen LogP) is 3.17. The Morgan fingerprint density at radius 1 is 1.32 bits per heavy atom. The third kappa shape index (κ3) is 3.66. The van der Waals surface area contributed by atoms with Crippen molar-refractivity contribution >= 4 is 11.6 Å². The summed E-state index contributed by atoms with van der Waals surface area (Å²) in [6.07, 6.45) is 1.64. The van der Waals surface area contributed by atoms with Gasteiger partial charge in [0.2, 0.25) is 0 Å². The van der Waals surface area contributed by atoms with Crippen LogP contribution in [0.15, 0.2) is 36.5 Å². The summed E-state index contributed by atoms with van der Waals surface area (Å²) in [7, 11) is 1.86. The highest BCUT2D eigenvalue weighted by molar-refractivity contribution is 6.31. The second kappa shape index (κ2) is 6.50. The Morgan fingerprint density at radius 3 is 2.84 bits per heavy atom. The van der Waals surface area contributed by atoms with Crippen molar-refractivity contribution in [3.8, 4) is 5.75 Å². The number of rotatable bonds is 5. The van der Waals surface area contributed by atoms with Crippen molar-refractivity contribution in [3.05, 3.63) is 58.6 Å². The first-order valence-electron chi connectivity index (χ1n) is 5.86. The van der Waals surface area contributed by atoms with E-state index in [2.05, 4.69) is 10.3 Å². The van der Waals surface area contributed by atoms with Gasteiger partial charge in [0.1, 0.15) is 18.2 Å². The smallest absolute Gasteiger partial charge is 0.142 e. The third-order valence-electron chi connectivity index (χ3n) is 2.58. The SMILES string of the molecule is CNCc1ccc(OCc2cccc(F)c2Cl)cn1. The fraction of sp³-hybridized carbons (Fsp3) is 0.214. The zero-order valence-electron chi connectivity index (χ0n) is 10.5. The molecule has 0 saturated carbocycles. The number of benzene rings is 1. The van der Waals surface area contributed by atoms with Crippen LogP contribution in [0.1, 0.15) is 11.3 Å². The standard InChI is InChI=1S/C14H14ClFN2O/c1-17-7-11-5-6-12(8-18-11)19-9-10-3-2-4-13(16)14(10)15/h2-6,8,17H,7,9H2,1H3. The zero-order valence-corrected chi connectivity index (χ0v) is 11.2. The van der Waals surface area contributed by atoms with Crippen LogP contribution < -0.4 is 10.1 Å². The lowest BCUT2D eigenvalue weighted by molar-refractivity contribution is 0.304. The molecule has 1 N–H and O–H groups in total. The van der Waals surface area contributed by atoms with Gasteiger partial charge in [-0.3, -0.25) is 4.98 Å². The van der Waals surface area contributed by atoms with Crippen molar-refractivity contribution in [2.24, 2.45) is 0 Å². The molecule has 2 aromatic rings. The average molecular weight is 281 g/mol. The summed E-state index contributed by atoms with van der Waals surface area (Å²) in [4.78, 5) is 4.23. The summed E-state index contributed by atoms with van der Waals surface area (Å²) >= 11 is 5.85. The van der Waals surface area contributed by atoms with Gasteiger partial charge in [-0.2, -0.15) is 0 Å². The zero-order chi connectivity index (χ0) is 13.7. The van der Waals surface area contributed by atoms with E-state index in [0.717, 1.165) is 5.69 Å². The monoisotopic (exact) mass is 280 g/mol. The molecule has 0 amide bonds. The van der Waals surface area contributed by atoms with E-state index in [1.54, 1.807) is 18.3 Å². The number of aromatic nitrogens is 1. The lowest BCUT2D eigenvalue weighted by Gasteiger charge is -2.08. The van der Waals surface area contributed by atoms with Crippen molar-refractivity contribution in [3.63, 3.8) is 0 Å². The number of hydrogen-bond donors (Lipinski definition) is 1. The Balaban J connectivity index is 2.00. The van der Waals surface area contributed by atoms with E-state index < -0.39 is 5.82 Å². The molecule has 0 atom stereocenters. The molecular formula is C14H14ClFN2O. The van der Waals surface area contributed by atoms with Gasteiger partial charge in [-0.05, 0) is 25.2 Å². The Labute approximate surface area is 116 Å². The summed E-state index contributed by atoms with van der Waals surface area (Å²) in [6.45, 7) is 0.916. The normalized spacial score (nSPS) is 10.5. The van der Waals surface area contributed by atoms with Gasteiger partial charge in [-0.1, -0.05) is 23.7 Å². The van der Waals surface area contributed by atoms with Crippen molar-refractivity contribution in [1.29, 1.82) is 0 Å². The molecule has 1 aromatic heterocycles. The molecule has 0 spiro atoms. The van der Waals surface area contributed by atoms with Crippen molar-refractivity contribution < 1.29 is 9.13 Å². The highest BCUT2D eigenvalue weighted by atomic mass is 35.5. The van der Waals surface area contributed by atoms with Crippen molar-refractivity contribution in [1.82, 2.24) is 10.3 Å². The summed E-state index contributed by atoms with van der Waals surface area (Å²) in [6, 6.07) is 8.36. The number of hydrogen-bond acceptors (Lipinski definition) is 3. The Bertz CT molecular complexity index is 546. The molecule has 1 heterocycles. The van der Waals surface area contributed by atoms with Crippen LogP contribution in [0.4, 0.5) is 4.39 Å². The van der Waals surface area contributed by atoms with Crippen molar-refractivity contribution in [2.75, 3.05) is 7.05 Å². The molecule has 19 heavy (non-hydrogen) atoms. The van der Waals surface area contributed by atoms with Crippen LogP contribution in [0, 0.1) is 5.82 Å². The van der Waals surface area contributed by atoms with Gasteiger partial charge in [0.25, 0.3) is 0 Å². The minimum Gasteiger partial charge on any atom is -0.487 e. The molecule has 0 bridgehead atoms. The fourth-order valence-corrected chi connectivity index (χ4v) is 1.78. The summed E-state index contributed by atoms with van der Waals surface area (Å²) in [5, 5.41) is 3.11. The molecule has 0 aliphatic heterocycles. The molecule has 3 nitrogen and oxygen atoms in total. The van der Waals surface area contributed by atoms with Crippen LogP contribution in [-0.2, 0) is 13.2 Å². The van der Waals surface area contributed by atoms with Crippen LogP contribution in [0.25, 0.3) is 0 Å². The molecule has 2 rings (SSSR count). The second-order valence-electron chi connectivity index (χ2n) is 4.02. The van der Waals surface area contributed by atoms with Gasteiger partial charge in [0, 0.05) is 12.1 Å². The van der Waals surface area contributed by atoms with E-state index in [1.807, 2.05) is 19.2 Å².